The fourth-order valence-electron chi connectivity index (χ4n) is 3.68. The zero-order valence-electron chi connectivity index (χ0n) is 14.3. The largest absolute Gasteiger partial charge is 0.497 e. The lowest BCUT2D eigenvalue weighted by molar-refractivity contribution is -0.0681. The van der Waals surface area contributed by atoms with Crippen molar-refractivity contribution in [3.8, 4) is 11.5 Å². The van der Waals surface area contributed by atoms with Gasteiger partial charge in [-0.25, -0.2) is 0 Å². The molecule has 0 spiro atoms. The van der Waals surface area contributed by atoms with Gasteiger partial charge in [0.05, 0.1) is 33.0 Å². The van der Waals surface area contributed by atoms with Gasteiger partial charge < -0.3 is 19.3 Å². The number of benzene rings is 1. The number of rotatable bonds is 3. The van der Waals surface area contributed by atoms with E-state index in [9.17, 15) is 5.11 Å². The smallest absolute Gasteiger partial charge is 0.122 e. The third-order valence-corrected chi connectivity index (χ3v) is 5.44. The average molecular weight is 318 g/mol. The standard InChI is InChI=1S/C19H26O4/c1-19(2)16-11-23-17(9-12(16)5-6-18(19)20)13-7-14(21-3)10-15(8-13)22-4/h5,7-8,10,16-18,20H,6,9,11H2,1-4H3/t16-,17-,18+/m0/s1. The SMILES string of the molecule is COc1cc(OC)cc([C@@H]2CC3=CC[C@@H](O)C(C)(C)[C@H]3CO2)c1. The molecule has 4 heteroatoms. The molecule has 1 aromatic carbocycles. The second-order valence-corrected chi connectivity index (χ2v) is 7.08. The maximum atomic E-state index is 10.3. The van der Waals surface area contributed by atoms with Gasteiger partial charge in [0.25, 0.3) is 0 Å². The van der Waals surface area contributed by atoms with E-state index in [4.69, 9.17) is 14.2 Å². The summed E-state index contributed by atoms with van der Waals surface area (Å²) in [5.41, 5.74) is 2.34. The van der Waals surface area contributed by atoms with Crippen LogP contribution in [0.3, 0.4) is 0 Å². The average Bonchev–Trinajstić information content (AvgIpc) is 2.57. The molecular weight excluding hydrogens is 292 g/mol. The summed E-state index contributed by atoms with van der Waals surface area (Å²) in [7, 11) is 3.31. The van der Waals surface area contributed by atoms with Crippen LogP contribution in [0, 0.1) is 11.3 Å². The molecule has 126 valence electrons. The minimum Gasteiger partial charge on any atom is -0.497 e. The molecule has 3 atom stereocenters. The Balaban J connectivity index is 1.85. The summed E-state index contributed by atoms with van der Waals surface area (Å²) < 4.78 is 16.9. The van der Waals surface area contributed by atoms with E-state index in [0.717, 1.165) is 29.9 Å². The van der Waals surface area contributed by atoms with E-state index >= 15 is 0 Å². The lowest BCUT2D eigenvalue weighted by Crippen LogP contribution is -2.44. The predicted molar refractivity (Wildman–Crippen MR) is 88.8 cm³/mol. The predicted octanol–water partition coefficient (Wildman–Crippen LogP) is 3.50. The molecule has 1 fully saturated rings. The van der Waals surface area contributed by atoms with Crippen molar-refractivity contribution in [2.75, 3.05) is 20.8 Å². The van der Waals surface area contributed by atoms with Crippen LogP contribution < -0.4 is 9.47 Å². The molecule has 4 nitrogen and oxygen atoms in total. The first-order valence-electron chi connectivity index (χ1n) is 8.17. The Kier molecular flexibility index (Phi) is 4.39. The molecule has 1 saturated heterocycles. The summed E-state index contributed by atoms with van der Waals surface area (Å²) in [6.45, 7) is 4.90. The van der Waals surface area contributed by atoms with Gasteiger partial charge in [-0.2, -0.15) is 0 Å². The van der Waals surface area contributed by atoms with Gasteiger partial charge in [-0.05, 0) is 36.0 Å². The molecule has 0 amide bonds. The van der Waals surface area contributed by atoms with Crippen LogP contribution in [0.1, 0.15) is 38.4 Å². The molecule has 0 unspecified atom stereocenters. The minimum atomic E-state index is -0.298. The summed E-state index contributed by atoms with van der Waals surface area (Å²) in [6.07, 6.45) is 3.50. The first-order chi connectivity index (χ1) is 11.0. The molecule has 2 aliphatic rings. The number of hydrogen-bond acceptors (Lipinski definition) is 4. The van der Waals surface area contributed by atoms with Crippen molar-refractivity contribution in [2.24, 2.45) is 11.3 Å². The Bertz CT molecular complexity index is 583. The van der Waals surface area contributed by atoms with Crippen molar-refractivity contribution in [2.45, 2.75) is 38.9 Å². The molecule has 1 aliphatic carbocycles. The van der Waals surface area contributed by atoms with Crippen LogP contribution in [-0.4, -0.2) is 32.0 Å². The Morgan fingerprint density at radius 2 is 1.78 bits per heavy atom. The fraction of sp³-hybridized carbons (Fsp3) is 0.579. The number of hydrogen-bond donors (Lipinski definition) is 1. The van der Waals surface area contributed by atoms with Crippen LogP contribution in [0.25, 0.3) is 0 Å². The quantitative estimate of drug-likeness (QED) is 0.867. The second-order valence-electron chi connectivity index (χ2n) is 7.08. The summed E-state index contributed by atoms with van der Waals surface area (Å²) in [6, 6.07) is 5.89. The molecule has 1 N–H and O–H groups in total. The van der Waals surface area contributed by atoms with Gasteiger partial charge >= 0.3 is 0 Å². The molecule has 1 heterocycles. The number of methoxy groups -OCH3 is 2. The lowest BCUT2D eigenvalue weighted by Gasteiger charge is -2.46. The van der Waals surface area contributed by atoms with Gasteiger partial charge in [0, 0.05) is 12.0 Å². The molecule has 23 heavy (non-hydrogen) atoms. The van der Waals surface area contributed by atoms with Gasteiger partial charge in [-0.15, -0.1) is 0 Å². The number of fused-ring (bicyclic) bond motifs is 1. The highest BCUT2D eigenvalue weighted by atomic mass is 16.5. The monoisotopic (exact) mass is 318 g/mol. The van der Waals surface area contributed by atoms with Gasteiger partial charge in [0.1, 0.15) is 11.5 Å². The lowest BCUT2D eigenvalue weighted by atomic mass is 9.65. The number of aliphatic hydroxyl groups excluding tert-OH is 1. The van der Waals surface area contributed by atoms with Crippen LogP contribution in [0.15, 0.2) is 29.8 Å². The molecule has 1 aliphatic heterocycles. The van der Waals surface area contributed by atoms with E-state index < -0.39 is 0 Å². The van der Waals surface area contributed by atoms with Gasteiger partial charge in [0.15, 0.2) is 0 Å². The summed E-state index contributed by atoms with van der Waals surface area (Å²) in [4.78, 5) is 0. The minimum absolute atomic E-state index is 0.00698. The molecular formula is C19H26O4. The highest BCUT2D eigenvalue weighted by Gasteiger charge is 2.44. The van der Waals surface area contributed by atoms with Crippen molar-refractivity contribution in [1.82, 2.24) is 0 Å². The molecule has 3 rings (SSSR count). The topological polar surface area (TPSA) is 47.9 Å². The van der Waals surface area contributed by atoms with Gasteiger partial charge in [-0.1, -0.05) is 25.5 Å². The van der Waals surface area contributed by atoms with Crippen molar-refractivity contribution < 1.29 is 19.3 Å². The van der Waals surface area contributed by atoms with Gasteiger partial charge in [0.2, 0.25) is 0 Å². The Hall–Kier alpha value is -1.52. The molecule has 0 bridgehead atoms. The highest BCUT2D eigenvalue weighted by Crippen LogP contribution is 2.48. The third-order valence-electron chi connectivity index (χ3n) is 5.44. The fourth-order valence-corrected chi connectivity index (χ4v) is 3.68. The maximum Gasteiger partial charge on any atom is 0.122 e. The van der Waals surface area contributed by atoms with Crippen molar-refractivity contribution in [1.29, 1.82) is 0 Å². The summed E-state index contributed by atoms with van der Waals surface area (Å²) in [5, 5.41) is 10.3. The van der Waals surface area contributed by atoms with E-state index in [-0.39, 0.29) is 23.5 Å². The van der Waals surface area contributed by atoms with Crippen molar-refractivity contribution in [3.05, 3.63) is 35.4 Å². The van der Waals surface area contributed by atoms with E-state index in [2.05, 4.69) is 19.9 Å². The van der Waals surface area contributed by atoms with Crippen molar-refractivity contribution >= 4 is 0 Å². The maximum absolute atomic E-state index is 10.3. The van der Waals surface area contributed by atoms with Crippen LogP contribution in [-0.2, 0) is 4.74 Å². The zero-order chi connectivity index (χ0) is 16.6. The van der Waals surface area contributed by atoms with E-state index in [1.165, 1.54) is 5.57 Å². The van der Waals surface area contributed by atoms with E-state index in [0.29, 0.717) is 6.61 Å². The molecule has 0 aromatic heterocycles. The Morgan fingerprint density at radius 3 is 2.39 bits per heavy atom. The third kappa shape index (κ3) is 2.98. The van der Waals surface area contributed by atoms with Crippen LogP contribution in [0.2, 0.25) is 0 Å². The second kappa shape index (κ2) is 6.17. The van der Waals surface area contributed by atoms with Crippen LogP contribution in [0.5, 0.6) is 11.5 Å². The first-order valence-corrected chi connectivity index (χ1v) is 8.17. The zero-order valence-corrected chi connectivity index (χ0v) is 14.3. The highest BCUT2D eigenvalue weighted by molar-refractivity contribution is 5.40. The Labute approximate surface area is 138 Å². The summed E-state index contributed by atoms with van der Waals surface area (Å²) >= 11 is 0. The number of aliphatic hydroxyl groups is 1. The molecule has 0 saturated carbocycles. The van der Waals surface area contributed by atoms with E-state index in [1.807, 2.05) is 18.2 Å². The Morgan fingerprint density at radius 1 is 1.13 bits per heavy atom. The molecule has 1 aromatic rings. The van der Waals surface area contributed by atoms with E-state index in [1.54, 1.807) is 14.2 Å². The normalized spacial score (nSPS) is 29.4. The van der Waals surface area contributed by atoms with Gasteiger partial charge in [-0.3, -0.25) is 0 Å². The summed E-state index contributed by atoms with van der Waals surface area (Å²) in [5.74, 6) is 1.84. The van der Waals surface area contributed by atoms with Crippen LogP contribution >= 0.6 is 0 Å². The number of ether oxygens (including phenoxy) is 3. The van der Waals surface area contributed by atoms with Crippen LogP contribution in [0.4, 0.5) is 0 Å². The first kappa shape index (κ1) is 16.3. The molecule has 0 radical (unpaired) electrons. The van der Waals surface area contributed by atoms with Crippen molar-refractivity contribution in [3.63, 3.8) is 0 Å².